The van der Waals surface area contributed by atoms with Crippen LogP contribution >= 0.6 is 0 Å². The zero-order valence-electron chi connectivity index (χ0n) is 9.17. The van der Waals surface area contributed by atoms with E-state index in [2.05, 4.69) is 37.9 Å². The van der Waals surface area contributed by atoms with Crippen molar-refractivity contribution in [2.45, 2.75) is 43.0 Å². The van der Waals surface area contributed by atoms with Crippen LogP contribution in [0.25, 0.3) is 0 Å². The van der Waals surface area contributed by atoms with Crippen LogP contribution in [0.2, 0.25) is 3.43 Å². The van der Waals surface area contributed by atoms with Crippen LogP contribution in [0.3, 0.4) is 0 Å². The van der Waals surface area contributed by atoms with Gasteiger partial charge in [0.1, 0.15) is 0 Å². The van der Waals surface area contributed by atoms with E-state index in [0.717, 1.165) is 5.92 Å². The van der Waals surface area contributed by atoms with Gasteiger partial charge in [0.2, 0.25) is 0 Å². The number of hydrogen-bond donors (Lipinski definition) is 0. The maximum atomic E-state index is 4.51. The molecule has 1 aromatic heterocycles. The molecule has 0 aliphatic heterocycles. The Hall–Kier alpha value is -0.0513. The molecule has 1 fully saturated rings. The van der Waals surface area contributed by atoms with Gasteiger partial charge in [-0.15, -0.1) is 0 Å². The predicted octanol–water partition coefficient (Wildman–Crippen LogP) is 2.51. The standard InChI is InChI=1S/C8H8N.C4H9.Sn/c1-2-7(1)8-3-5-9-6-4-8;1-4(2)3;/h3-5,7H,1-2H2;1-3H3;. The fourth-order valence-electron chi connectivity index (χ4n) is 1.57. The van der Waals surface area contributed by atoms with Gasteiger partial charge in [0, 0.05) is 0 Å². The van der Waals surface area contributed by atoms with E-state index in [1.165, 1.54) is 16.6 Å². The summed E-state index contributed by atoms with van der Waals surface area (Å²) in [6.45, 7) is 7.01. The first-order valence-electron chi connectivity index (χ1n) is 5.29. The average Bonchev–Trinajstić information content (AvgIpc) is 2.83. The van der Waals surface area contributed by atoms with Gasteiger partial charge in [-0.1, -0.05) is 0 Å². The molecule has 0 aromatic carbocycles. The van der Waals surface area contributed by atoms with Crippen LogP contribution in [0.5, 0.6) is 0 Å². The number of nitrogens with zero attached hydrogens (tertiary/aromatic N) is 1. The molecular weight excluding hydrogens is 277 g/mol. The molecule has 0 N–H and O–H groups in total. The second kappa shape index (κ2) is 3.84. The average molecular weight is 294 g/mol. The summed E-state index contributed by atoms with van der Waals surface area (Å²) in [5.74, 6) is 0.871. The second-order valence-electron chi connectivity index (χ2n) is 5.12. The summed E-state index contributed by atoms with van der Waals surface area (Å²) in [7, 11) is 0. The van der Waals surface area contributed by atoms with Crippen LogP contribution in [0.15, 0.2) is 18.3 Å². The molecule has 0 unspecified atom stereocenters. The van der Waals surface area contributed by atoms with Crippen LogP contribution in [0.4, 0.5) is 0 Å². The van der Waals surface area contributed by atoms with Gasteiger partial charge >= 0.3 is 96.7 Å². The van der Waals surface area contributed by atoms with Gasteiger partial charge in [0.15, 0.2) is 0 Å². The third-order valence-corrected chi connectivity index (χ3v) is 5.99. The Kier molecular flexibility index (Phi) is 2.87. The maximum absolute atomic E-state index is 4.51. The Bertz CT molecular complexity index is 323. The van der Waals surface area contributed by atoms with Crippen LogP contribution in [-0.4, -0.2) is 26.1 Å². The van der Waals surface area contributed by atoms with Crippen LogP contribution in [0, 0.1) is 0 Å². The third-order valence-electron chi connectivity index (χ3n) is 2.34. The summed E-state index contributed by atoms with van der Waals surface area (Å²) < 4.78 is 1.93. The number of aromatic nitrogens is 1. The van der Waals surface area contributed by atoms with E-state index in [1.807, 2.05) is 6.20 Å². The Morgan fingerprint density at radius 3 is 2.64 bits per heavy atom. The molecule has 2 radical (unpaired) electrons. The summed E-state index contributed by atoms with van der Waals surface area (Å²) in [6, 6.07) is 4.57. The first-order valence-corrected chi connectivity index (χ1v) is 8.14. The van der Waals surface area contributed by atoms with Crippen LogP contribution in [0.1, 0.15) is 45.1 Å². The molecule has 0 amide bonds. The molecule has 1 aliphatic carbocycles. The summed E-state index contributed by atoms with van der Waals surface area (Å²) in [4.78, 5) is 4.51. The van der Waals surface area contributed by atoms with Gasteiger partial charge in [-0.2, -0.15) is 0 Å². The summed E-state index contributed by atoms with van der Waals surface area (Å²) in [5.41, 5.74) is 1.54. The van der Waals surface area contributed by atoms with E-state index in [4.69, 9.17) is 0 Å². The monoisotopic (exact) mass is 295 g/mol. The van der Waals surface area contributed by atoms with E-state index in [1.54, 1.807) is 5.56 Å². The molecule has 1 aromatic rings. The van der Waals surface area contributed by atoms with Crippen molar-refractivity contribution >= 4 is 24.9 Å². The van der Waals surface area contributed by atoms with E-state index < -0.39 is 21.1 Å². The molecule has 0 saturated heterocycles. The molecule has 2 rings (SSSR count). The van der Waals surface area contributed by atoms with Crippen LogP contribution in [-0.2, 0) is 0 Å². The van der Waals surface area contributed by atoms with Crippen molar-refractivity contribution in [1.29, 1.82) is 0 Å². The number of pyridine rings is 1. The van der Waals surface area contributed by atoms with Gasteiger partial charge < -0.3 is 0 Å². The van der Waals surface area contributed by atoms with Crippen molar-refractivity contribution in [2.24, 2.45) is 0 Å². The molecule has 1 saturated carbocycles. The first kappa shape index (κ1) is 10.5. The van der Waals surface area contributed by atoms with Gasteiger partial charge in [-0.25, -0.2) is 0 Å². The Morgan fingerprint density at radius 2 is 2.07 bits per heavy atom. The van der Waals surface area contributed by atoms with Crippen molar-refractivity contribution in [3.05, 3.63) is 23.9 Å². The molecule has 74 valence electrons. The fourth-order valence-corrected chi connectivity index (χ4v) is 4.84. The first-order chi connectivity index (χ1) is 6.54. The van der Waals surface area contributed by atoms with Gasteiger partial charge in [0.25, 0.3) is 0 Å². The van der Waals surface area contributed by atoms with E-state index in [9.17, 15) is 0 Å². The molecular formula is C12H17NSn. The van der Waals surface area contributed by atoms with Crippen molar-refractivity contribution in [3.63, 3.8) is 0 Å². The zero-order valence-corrected chi connectivity index (χ0v) is 12.0. The van der Waals surface area contributed by atoms with Gasteiger partial charge in [0.05, 0.1) is 0 Å². The second-order valence-corrected chi connectivity index (χ2v) is 11.6. The number of rotatable bonds is 2. The quantitative estimate of drug-likeness (QED) is 0.764. The minimum atomic E-state index is -0.498. The van der Waals surface area contributed by atoms with E-state index in [-0.39, 0.29) is 0 Å². The van der Waals surface area contributed by atoms with Crippen molar-refractivity contribution < 1.29 is 0 Å². The third kappa shape index (κ3) is 2.97. The molecule has 2 heteroatoms. The normalized spacial score (nSPS) is 17.1. The van der Waals surface area contributed by atoms with Crippen LogP contribution < -0.4 is 3.71 Å². The van der Waals surface area contributed by atoms with Gasteiger partial charge in [-0.3, -0.25) is 0 Å². The molecule has 0 bridgehead atoms. The Morgan fingerprint density at radius 1 is 1.36 bits per heavy atom. The topological polar surface area (TPSA) is 12.9 Å². The molecule has 0 spiro atoms. The summed E-state index contributed by atoms with van der Waals surface area (Å²) in [6.07, 6.45) is 4.80. The van der Waals surface area contributed by atoms with E-state index in [0.29, 0.717) is 3.43 Å². The zero-order chi connectivity index (χ0) is 10.2. The molecule has 14 heavy (non-hydrogen) atoms. The number of hydrogen-bond acceptors (Lipinski definition) is 1. The van der Waals surface area contributed by atoms with E-state index >= 15 is 0 Å². The molecule has 1 nitrogen and oxygen atoms in total. The van der Waals surface area contributed by atoms with Crippen molar-refractivity contribution in [3.8, 4) is 0 Å². The SMILES string of the molecule is C[C](C)(C)[Sn][c]1cc(C2CC2)ccn1. The van der Waals surface area contributed by atoms with Crippen molar-refractivity contribution in [2.75, 3.05) is 0 Å². The minimum absolute atomic E-state index is 0.498. The Balaban J connectivity index is 2.13. The Labute approximate surface area is 96.5 Å². The molecule has 1 heterocycles. The molecule has 0 atom stereocenters. The molecule has 1 aliphatic rings. The van der Waals surface area contributed by atoms with Crippen molar-refractivity contribution in [1.82, 2.24) is 4.98 Å². The fraction of sp³-hybridized carbons (Fsp3) is 0.583. The predicted molar refractivity (Wildman–Crippen MR) is 61.3 cm³/mol. The summed E-state index contributed by atoms with van der Waals surface area (Å²) >= 11 is -0.498. The summed E-state index contributed by atoms with van der Waals surface area (Å²) in [5, 5.41) is 0. The van der Waals surface area contributed by atoms with Gasteiger partial charge in [-0.05, 0) is 0 Å².